The minimum absolute atomic E-state index is 0.108. The minimum atomic E-state index is -0.229. The van der Waals surface area contributed by atoms with Gasteiger partial charge >= 0.3 is 0 Å². The van der Waals surface area contributed by atoms with E-state index in [4.69, 9.17) is 0 Å². The number of anilines is 3. The molecule has 1 aliphatic carbocycles. The third kappa shape index (κ3) is 4.81. The SMILES string of the molecule is CC1(C)c2ccccc2-c2ccc(N(c3ccc(-c4cccc5cccc(-c6ccc(F)cc6)c45)cc3)c3ccc4c(c3)sc3ccccc34)cc21. The van der Waals surface area contributed by atoms with Crippen LogP contribution in [0.15, 0.2) is 170 Å². The van der Waals surface area contributed by atoms with Crippen LogP contribution in [0, 0.1) is 5.82 Å². The molecule has 0 saturated heterocycles. The van der Waals surface area contributed by atoms with Gasteiger partial charge in [-0.05, 0) is 110 Å². The van der Waals surface area contributed by atoms with E-state index in [9.17, 15) is 4.39 Å². The zero-order chi connectivity index (χ0) is 35.0. The van der Waals surface area contributed by atoms with Crippen molar-refractivity contribution in [3.05, 3.63) is 187 Å². The number of rotatable bonds is 5. The van der Waals surface area contributed by atoms with Crippen LogP contribution in [0.2, 0.25) is 0 Å². The average molecular weight is 688 g/mol. The van der Waals surface area contributed by atoms with Gasteiger partial charge in [-0.25, -0.2) is 4.39 Å². The number of thiophene rings is 1. The fourth-order valence-electron chi connectivity index (χ4n) is 8.37. The van der Waals surface area contributed by atoms with Gasteiger partial charge in [-0.2, -0.15) is 0 Å². The molecule has 0 unspecified atom stereocenters. The number of hydrogen-bond donors (Lipinski definition) is 0. The molecule has 248 valence electrons. The lowest BCUT2D eigenvalue weighted by Gasteiger charge is -2.28. The highest BCUT2D eigenvalue weighted by atomic mass is 32.1. The maximum absolute atomic E-state index is 13.9. The molecule has 1 aromatic heterocycles. The van der Waals surface area contributed by atoms with E-state index < -0.39 is 0 Å². The Morgan fingerprint density at radius 3 is 1.81 bits per heavy atom. The predicted octanol–water partition coefficient (Wildman–Crippen LogP) is 14.5. The lowest BCUT2D eigenvalue weighted by molar-refractivity contribution is 0.628. The molecule has 3 heteroatoms. The van der Waals surface area contributed by atoms with Crippen molar-refractivity contribution in [2.45, 2.75) is 19.3 Å². The van der Waals surface area contributed by atoms with Gasteiger partial charge in [0.1, 0.15) is 5.82 Å². The van der Waals surface area contributed by atoms with Crippen LogP contribution in [0.25, 0.3) is 64.3 Å². The monoisotopic (exact) mass is 687 g/mol. The zero-order valence-electron chi connectivity index (χ0n) is 28.9. The molecule has 1 aliphatic rings. The summed E-state index contributed by atoms with van der Waals surface area (Å²) < 4.78 is 16.5. The van der Waals surface area contributed by atoms with E-state index in [1.165, 1.54) is 54.6 Å². The maximum Gasteiger partial charge on any atom is 0.123 e. The highest BCUT2D eigenvalue weighted by molar-refractivity contribution is 7.25. The number of hydrogen-bond acceptors (Lipinski definition) is 2. The quantitative estimate of drug-likeness (QED) is 0.174. The van der Waals surface area contributed by atoms with Gasteiger partial charge in [-0.3, -0.25) is 0 Å². The van der Waals surface area contributed by atoms with E-state index in [2.05, 4.69) is 164 Å². The molecule has 10 rings (SSSR count). The average Bonchev–Trinajstić information content (AvgIpc) is 3.66. The summed E-state index contributed by atoms with van der Waals surface area (Å²) in [5.74, 6) is -0.229. The van der Waals surface area contributed by atoms with Crippen LogP contribution >= 0.6 is 11.3 Å². The second-order valence-corrected chi connectivity index (χ2v) is 15.4. The van der Waals surface area contributed by atoms with Crippen molar-refractivity contribution in [1.82, 2.24) is 0 Å². The Morgan fingerprint density at radius 1 is 0.462 bits per heavy atom. The standard InChI is InChI=1S/C49H34FNS/c1-49(2)44-15-5-3-11-40(44)41-27-25-36(29-45(41)49)51(37-26-28-43-42-12-4-6-16-46(42)52-47(43)30-37)35-23-19-32(20-24-35)39-14-8-10-33-9-7-13-38(48(33)39)31-17-21-34(50)22-18-31/h3-30H,1-2H3. The highest BCUT2D eigenvalue weighted by Gasteiger charge is 2.35. The Kier molecular flexibility index (Phi) is 6.96. The molecular formula is C49H34FNS. The van der Waals surface area contributed by atoms with E-state index in [-0.39, 0.29) is 11.2 Å². The van der Waals surface area contributed by atoms with Gasteiger partial charge in [0.05, 0.1) is 0 Å². The third-order valence-corrected chi connectivity index (χ3v) is 12.1. The number of halogens is 1. The largest absolute Gasteiger partial charge is 0.310 e. The Morgan fingerprint density at radius 2 is 1.04 bits per heavy atom. The molecule has 1 nitrogen and oxygen atoms in total. The van der Waals surface area contributed by atoms with Crippen LogP contribution in [0.1, 0.15) is 25.0 Å². The summed E-state index contributed by atoms with van der Waals surface area (Å²) in [6.07, 6.45) is 0. The van der Waals surface area contributed by atoms with Crippen molar-refractivity contribution in [2.75, 3.05) is 4.90 Å². The maximum atomic E-state index is 13.9. The van der Waals surface area contributed by atoms with Crippen molar-refractivity contribution < 1.29 is 4.39 Å². The molecular weight excluding hydrogens is 654 g/mol. The highest BCUT2D eigenvalue weighted by Crippen LogP contribution is 2.51. The first kappa shape index (κ1) is 30.8. The molecule has 0 N–H and O–H groups in total. The van der Waals surface area contributed by atoms with Crippen LogP contribution in [0.4, 0.5) is 21.5 Å². The number of benzene rings is 8. The second-order valence-electron chi connectivity index (χ2n) is 14.3. The van der Waals surface area contributed by atoms with Gasteiger partial charge in [0, 0.05) is 42.6 Å². The summed E-state index contributed by atoms with van der Waals surface area (Å²) in [5.41, 5.74) is 13.0. The van der Waals surface area contributed by atoms with Gasteiger partial charge in [0.15, 0.2) is 0 Å². The summed E-state index contributed by atoms with van der Waals surface area (Å²) >= 11 is 1.85. The molecule has 0 bridgehead atoms. The first-order valence-electron chi connectivity index (χ1n) is 17.8. The molecule has 0 aliphatic heterocycles. The number of fused-ring (bicyclic) bond motifs is 7. The van der Waals surface area contributed by atoms with Crippen LogP contribution in [-0.4, -0.2) is 0 Å². The summed E-state index contributed by atoms with van der Waals surface area (Å²) in [7, 11) is 0. The van der Waals surface area contributed by atoms with Gasteiger partial charge in [-0.15, -0.1) is 11.3 Å². The van der Waals surface area contributed by atoms with Gasteiger partial charge in [0.2, 0.25) is 0 Å². The fourth-order valence-corrected chi connectivity index (χ4v) is 9.51. The van der Waals surface area contributed by atoms with Crippen molar-refractivity contribution >= 4 is 59.3 Å². The Balaban J connectivity index is 1.13. The molecule has 0 amide bonds. The lowest BCUT2D eigenvalue weighted by Crippen LogP contribution is -2.16. The predicted molar refractivity (Wildman–Crippen MR) is 220 cm³/mol. The van der Waals surface area contributed by atoms with E-state index in [1.807, 2.05) is 23.5 Å². The second kappa shape index (κ2) is 11.8. The van der Waals surface area contributed by atoms with E-state index in [0.717, 1.165) is 50.1 Å². The Bertz CT molecular complexity index is 2820. The Hall–Kier alpha value is -6.03. The lowest BCUT2D eigenvalue weighted by atomic mass is 9.82. The van der Waals surface area contributed by atoms with E-state index in [0.29, 0.717) is 0 Å². The molecule has 0 fully saturated rings. The van der Waals surface area contributed by atoms with Crippen molar-refractivity contribution in [1.29, 1.82) is 0 Å². The van der Waals surface area contributed by atoms with Gasteiger partial charge in [0.25, 0.3) is 0 Å². The van der Waals surface area contributed by atoms with E-state index in [1.54, 1.807) is 0 Å². The van der Waals surface area contributed by atoms with Crippen molar-refractivity contribution in [3.8, 4) is 33.4 Å². The summed E-state index contributed by atoms with van der Waals surface area (Å²) in [5, 5.41) is 4.91. The van der Waals surface area contributed by atoms with Gasteiger partial charge in [-0.1, -0.05) is 129 Å². The Labute approximate surface area is 306 Å². The number of nitrogens with zero attached hydrogens (tertiary/aromatic N) is 1. The van der Waals surface area contributed by atoms with Crippen molar-refractivity contribution in [3.63, 3.8) is 0 Å². The molecule has 0 atom stereocenters. The van der Waals surface area contributed by atoms with Crippen LogP contribution in [-0.2, 0) is 5.41 Å². The summed E-state index contributed by atoms with van der Waals surface area (Å²) in [6, 6.07) is 60.0. The molecule has 52 heavy (non-hydrogen) atoms. The normalized spacial score (nSPS) is 13.1. The first-order valence-corrected chi connectivity index (χ1v) is 18.6. The molecule has 9 aromatic rings. The summed E-state index contributed by atoms with van der Waals surface area (Å²) in [4.78, 5) is 2.40. The smallest absolute Gasteiger partial charge is 0.123 e. The van der Waals surface area contributed by atoms with Crippen LogP contribution < -0.4 is 4.90 Å². The van der Waals surface area contributed by atoms with E-state index >= 15 is 0 Å². The van der Waals surface area contributed by atoms with Crippen molar-refractivity contribution in [2.24, 2.45) is 0 Å². The minimum Gasteiger partial charge on any atom is -0.310 e. The molecule has 0 radical (unpaired) electrons. The molecule has 8 aromatic carbocycles. The third-order valence-electron chi connectivity index (χ3n) is 10.9. The van der Waals surface area contributed by atoms with Gasteiger partial charge < -0.3 is 4.90 Å². The molecule has 0 spiro atoms. The summed E-state index contributed by atoms with van der Waals surface area (Å²) in [6.45, 7) is 4.68. The van der Waals surface area contributed by atoms with Crippen LogP contribution in [0.5, 0.6) is 0 Å². The first-order chi connectivity index (χ1) is 25.4. The fraction of sp³-hybridized carbons (Fsp3) is 0.0612. The molecule has 0 saturated carbocycles. The molecule has 1 heterocycles. The van der Waals surface area contributed by atoms with Crippen LogP contribution in [0.3, 0.4) is 0 Å². The topological polar surface area (TPSA) is 3.24 Å². The zero-order valence-corrected chi connectivity index (χ0v) is 29.7.